The summed E-state index contributed by atoms with van der Waals surface area (Å²) in [5, 5.41) is 9.34. The Kier molecular flexibility index (Phi) is 5.33. The maximum Gasteiger partial charge on any atom is 0.141 e. The molecule has 1 saturated heterocycles. The van der Waals surface area contributed by atoms with Gasteiger partial charge < -0.3 is 5.73 Å². The monoisotopic (exact) mass is 361 g/mol. The van der Waals surface area contributed by atoms with E-state index in [1.807, 2.05) is 17.0 Å². The highest BCUT2D eigenvalue weighted by molar-refractivity contribution is 6.34. The van der Waals surface area contributed by atoms with Crippen LogP contribution in [0.5, 0.6) is 0 Å². The Balaban J connectivity index is 1.88. The van der Waals surface area contributed by atoms with Crippen molar-refractivity contribution in [2.75, 3.05) is 13.1 Å². The zero-order valence-electron chi connectivity index (χ0n) is 13.6. The summed E-state index contributed by atoms with van der Waals surface area (Å²) in [4.78, 5) is 1.95. The van der Waals surface area contributed by atoms with Crippen molar-refractivity contribution < 1.29 is 8.78 Å². The highest BCUT2D eigenvalue weighted by Crippen LogP contribution is 2.32. The lowest BCUT2D eigenvalue weighted by Gasteiger charge is -2.33. The molecule has 0 radical (unpaired) electrons. The fourth-order valence-electron chi connectivity index (χ4n) is 3.23. The SMILES string of the molecule is N#Cc1ccc(-c2cccc(CN3C[C@H](N)C[C@H](F)C3)c2Cl)cc1F. The Labute approximate surface area is 150 Å². The molecule has 2 aromatic rings. The minimum absolute atomic E-state index is 0.00711. The Morgan fingerprint density at radius 1 is 1.28 bits per heavy atom. The number of piperidine rings is 1. The Hall–Kier alpha value is -2.00. The number of likely N-dealkylation sites (tertiary alicyclic amines) is 1. The summed E-state index contributed by atoms with van der Waals surface area (Å²) in [7, 11) is 0. The molecule has 0 saturated carbocycles. The number of rotatable bonds is 3. The summed E-state index contributed by atoms with van der Waals surface area (Å²) >= 11 is 6.52. The molecule has 3 rings (SSSR count). The molecular weight excluding hydrogens is 344 g/mol. The number of nitrogens with two attached hydrogens (primary N) is 1. The van der Waals surface area contributed by atoms with E-state index in [0.717, 1.165) is 5.56 Å². The van der Waals surface area contributed by atoms with Crippen molar-refractivity contribution in [3.63, 3.8) is 0 Å². The summed E-state index contributed by atoms with van der Waals surface area (Å²) in [6.45, 7) is 1.44. The zero-order valence-corrected chi connectivity index (χ0v) is 14.3. The van der Waals surface area contributed by atoms with Crippen LogP contribution in [0.3, 0.4) is 0 Å². The van der Waals surface area contributed by atoms with E-state index in [-0.39, 0.29) is 11.6 Å². The number of alkyl halides is 1. The Morgan fingerprint density at radius 3 is 2.76 bits per heavy atom. The van der Waals surface area contributed by atoms with Gasteiger partial charge in [0.05, 0.1) is 10.6 Å². The van der Waals surface area contributed by atoms with Crippen molar-refractivity contribution >= 4 is 11.6 Å². The molecule has 3 nitrogen and oxygen atoms in total. The van der Waals surface area contributed by atoms with Gasteiger partial charge in [-0.1, -0.05) is 35.9 Å². The summed E-state index contributed by atoms with van der Waals surface area (Å²) in [6, 6.07) is 11.5. The van der Waals surface area contributed by atoms with Gasteiger partial charge in [0.25, 0.3) is 0 Å². The molecule has 0 amide bonds. The molecule has 0 bridgehead atoms. The average molecular weight is 362 g/mol. The third-order valence-electron chi connectivity index (χ3n) is 4.38. The van der Waals surface area contributed by atoms with Gasteiger partial charge in [-0.2, -0.15) is 5.26 Å². The lowest BCUT2D eigenvalue weighted by Crippen LogP contribution is -2.47. The van der Waals surface area contributed by atoms with Crippen LogP contribution < -0.4 is 5.73 Å². The molecule has 0 unspecified atom stereocenters. The molecule has 2 N–H and O–H groups in total. The predicted molar refractivity (Wildman–Crippen MR) is 94.3 cm³/mol. The molecule has 25 heavy (non-hydrogen) atoms. The maximum atomic E-state index is 13.9. The second-order valence-corrected chi connectivity index (χ2v) is 6.75. The molecule has 1 heterocycles. The van der Waals surface area contributed by atoms with Crippen LogP contribution >= 0.6 is 11.6 Å². The summed E-state index contributed by atoms with van der Waals surface area (Å²) < 4.78 is 27.6. The van der Waals surface area contributed by atoms with E-state index < -0.39 is 12.0 Å². The number of hydrogen-bond acceptors (Lipinski definition) is 3. The number of hydrogen-bond donors (Lipinski definition) is 1. The summed E-state index contributed by atoms with van der Waals surface area (Å²) in [6.07, 6.45) is -0.548. The number of nitrogens with zero attached hydrogens (tertiary/aromatic N) is 2. The summed E-state index contributed by atoms with van der Waals surface area (Å²) in [5.74, 6) is -0.580. The molecule has 1 aliphatic heterocycles. The van der Waals surface area contributed by atoms with Gasteiger partial charge in [-0.05, 0) is 29.7 Å². The van der Waals surface area contributed by atoms with Crippen LogP contribution in [-0.4, -0.2) is 30.2 Å². The highest BCUT2D eigenvalue weighted by atomic mass is 35.5. The van der Waals surface area contributed by atoms with Crippen molar-refractivity contribution in [3.05, 3.63) is 58.4 Å². The smallest absolute Gasteiger partial charge is 0.141 e. The van der Waals surface area contributed by atoms with Crippen LogP contribution in [0, 0.1) is 17.1 Å². The second-order valence-electron chi connectivity index (χ2n) is 6.37. The van der Waals surface area contributed by atoms with Crippen LogP contribution in [0.1, 0.15) is 17.5 Å². The first-order chi connectivity index (χ1) is 12.0. The molecular formula is C19H18ClF2N3. The largest absolute Gasteiger partial charge is 0.326 e. The van der Waals surface area contributed by atoms with Crippen LogP contribution in [0.25, 0.3) is 11.1 Å². The van der Waals surface area contributed by atoms with Gasteiger partial charge in [0.1, 0.15) is 18.1 Å². The standard InChI is InChI=1S/C19H18ClF2N3/c20-19-14(9-25-10-15(21)7-16(24)11-25)2-1-3-17(19)12-4-5-13(8-23)18(22)6-12/h1-6,15-16H,7,9-11,24H2/t15-,16+/m0/s1. The van der Waals surface area contributed by atoms with Crippen LogP contribution in [0.15, 0.2) is 36.4 Å². The summed E-state index contributed by atoms with van der Waals surface area (Å²) in [5.41, 5.74) is 8.00. The molecule has 1 aliphatic rings. The molecule has 0 aliphatic carbocycles. The van der Waals surface area contributed by atoms with Gasteiger partial charge in [0, 0.05) is 31.2 Å². The zero-order chi connectivity index (χ0) is 18.0. The number of benzene rings is 2. The van der Waals surface area contributed by atoms with Gasteiger partial charge in [0.2, 0.25) is 0 Å². The van der Waals surface area contributed by atoms with E-state index in [4.69, 9.17) is 22.6 Å². The molecule has 2 aromatic carbocycles. The van der Waals surface area contributed by atoms with E-state index in [1.165, 1.54) is 12.1 Å². The van der Waals surface area contributed by atoms with Crippen molar-refractivity contribution in [2.24, 2.45) is 5.73 Å². The average Bonchev–Trinajstić information content (AvgIpc) is 2.56. The van der Waals surface area contributed by atoms with Gasteiger partial charge in [-0.25, -0.2) is 8.78 Å². The minimum Gasteiger partial charge on any atom is -0.326 e. The fourth-order valence-corrected chi connectivity index (χ4v) is 3.53. The van der Waals surface area contributed by atoms with E-state index in [2.05, 4.69) is 0 Å². The quantitative estimate of drug-likeness (QED) is 0.902. The number of halogens is 3. The Bertz CT molecular complexity index is 809. The third kappa shape index (κ3) is 3.98. The van der Waals surface area contributed by atoms with E-state index in [9.17, 15) is 8.78 Å². The fraction of sp³-hybridized carbons (Fsp3) is 0.316. The van der Waals surface area contributed by atoms with Crippen LogP contribution in [0.4, 0.5) is 8.78 Å². The first kappa shape index (κ1) is 17.8. The first-order valence-corrected chi connectivity index (χ1v) is 8.45. The molecule has 0 aromatic heterocycles. The lowest BCUT2D eigenvalue weighted by molar-refractivity contribution is 0.118. The van der Waals surface area contributed by atoms with Crippen LogP contribution in [0.2, 0.25) is 5.02 Å². The van der Waals surface area contributed by atoms with Gasteiger partial charge in [0.15, 0.2) is 0 Å². The number of nitriles is 1. The second kappa shape index (κ2) is 7.49. The molecule has 6 heteroatoms. The maximum absolute atomic E-state index is 13.9. The lowest BCUT2D eigenvalue weighted by atomic mass is 10.00. The Morgan fingerprint density at radius 2 is 2.08 bits per heavy atom. The van der Waals surface area contributed by atoms with Gasteiger partial charge in [-0.15, -0.1) is 0 Å². The third-order valence-corrected chi connectivity index (χ3v) is 4.83. The van der Waals surface area contributed by atoms with Gasteiger partial charge >= 0.3 is 0 Å². The molecule has 2 atom stereocenters. The predicted octanol–water partition coefficient (Wildman–Crippen LogP) is 3.89. The topological polar surface area (TPSA) is 53.0 Å². The van der Waals surface area contributed by atoms with E-state index in [1.54, 1.807) is 18.2 Å². The van der Waals surface area contributed by atoms with Crippen molar-refractivity contribution in [1.29, 1.82) is 5.26 Å². The highest BCUT2D eigenvalue weighted by Gasteiger charge is 2.25. The normalized spacial score (nSPS) is 21.1. The van der Waals surface area contributed by atoms with E-state index >= 15 is 0 Å². The first-order valence-electron chi connectivity index (χ1n) is 8.07. The van der Waals surface area contributed by atoms with Gasteiger partial charge in [-0.3, -0.25) is 4.90 Å². The minimum atomic E-state index is -0.932. The molecule has 1 fully saturated rings. The molecule has 0 spiro atoms. The molecule has 130 valence electrons. The van der Waals surface area contributed by atoms with Crippen molar-refractivity contribution in [3.8, 4) is 17.2 Å². The van der Waals surface area contributed by atoms with E-state index in [0.29, 0.717) is 42.2 Å². The van der Waals surface area contributed by atoms with Crippen molar-refractivity contribution in [2.45, 2.75) is 25.2 Å². The van der Waals surface area contributed by atoms with Crippen LogP contribution in [-0.2, 0) is 6.54 Å². The van der Waals surface area contributed by atoms with Crippen molar-refractivity contribution in [1.82, 2.24) is 4.90 Å².